The molecule has 0 amide bonds. The van der Waals surface area contributed by atoms with Crippen LogP contribution in [0.3, 0.4) is 0 Å². The van der Waals surface area contributed by atoms with E-state index >= 15 is 0 Å². The highest BCUT2D eigenvalue weighted by atomic mass is 79.9. The van der Waals surface area contributed by atoms with Crippen molar-refractivity contribution in [3.8, 4) is 11.5 Å². The van der Waals surface area contributed by atoms with E-state index in [1.807, 2.05) is 6.07 Å². The largest absolute Gasteiger partial charge is 0.493 e. The zero-order chi connectivity index (χ0) is 13.7. The van der Waals surface area contributed by atoms with Gasteiger partial charge in [-0.15, -0.1) is 0 Å². The number of benzene rings is 1. The van der Waals surface area contributed by atoms with E-state index in [1.165, 1.54) is 7.11 Å². The lowest BCUT2D eigenvalue weighted by molar-refractivity contribution is 0.112. The van der Waals surface area contributed by atoms with E-state index in [2.05, 4.69) is 20.9 Å². The molecule has 0 bridgehead atoms. The average molecular weight is 322 g/mol. The van der Waals surface area contributed by atoms with Crippen molar-refractivity contribution < 1.29 is 14.3 Å². The van der Waals surface area contributed by atoms with Crippen molar-refractivity contribution >= 4 is 22.2 Å². The minimum absolute atomic E-state index is 0.378. The first-order valence-electron chi connectivity index (χ1n) is 5.58. The number of halogens is 1. The Morgan fingerprint density at radius 1 is 1.26 bits per heavy atom. The van der Waals surface area contributed by atoms with E-state index in [0.717, 1.165) is 16.3 Å². The number of methoxy groups -OCH3 is 1. The molecule has 1 aromatic carbocycles. The number of nitrogens with zero attached hydrogens (tertiary/aromatic N) is 1. The average Bonchev–Trinajstić information content (AvgIpc) is 2.45. The molecule has 0 spiro atoms. The Labute approximate surface area is 119 Å². The molecule has 5 heteroatoms. The number of aldehydes is 1. The van der Waals surface area contributed by atoms with Gasteiger partial charge in [-0.3, -0.25) is 9.78 Å². The molecule has 0 N–H and O–H groups in total. The molecule has 0 unspecified atom stereocenters. The van der Waals surface area contributed by atoms with Gasteiger partial charge in [0, 0.05) is 28.0 Å². The molecule has 0 aliphatic rings. The quantitative estimate of drug-likeness (QED) is 0.793. The summed E-state index contributed by atoms with van der Waals surface area (Å²) in [5.74, 6) is 1.13. The van der Waals surface area contributed by atoms with Crippen LogP contribution in [0.15, 0.2) is 41.1 Å². The van der Waals surface area contributed by atoms with Gasteiger partial charge in [0.15, 0.2) is 11.5 Å². The number of aromatic nitrogens is 1. The van der Waals surface area contributed by atoms with Gasteiger partial charge in [0.25, 0.3) is 0 Å². The third-order valence-corrected chi connectivity index (χ3v) is 2.91. The zero-order valence-electron chi connectivity index (χ0n) is 10.3. The predicted molar refractivity (Wildman–Crippen MR) is 74.7 cm³/mol. The molecule has 4 nitrogen and oxygen atoms in total. The predicted octanol–water partition coefficient (Wildman–Crippen LogP) is 3.24. The molecule has 0 fully saturated rings. The Kier molecular flexibility index (Phi) is 4.52. The van der Waals surface area contributed by atoms with Gasteiger partial charge in [0.05, 0.1) is 7.11 Å². The van der Waals surface area contributed by atoms with E-state index in [-0.39, 0.29) is 0 Å². The number of hydrogen-bond acceptors (Lipinski definition) is 4. The molecular weight excluding hydrogens is 310 g/mol. The molecule has 2 rings (SSSR count). The molecule has 0 atom stereocenters. The molecule has 0 aliphatic carbocycles. The summed E-state index contributed by atoms with van der Waals surface area (Å²) < 4.78 is 11.8. The molecule has 0 saturated heterocycles. The molecule has 0 saturated carbocycles. The first kappa shape index (κ1) is 13.5. The van der Waals surface area contributed by atoms with Crippen LogP contribution in [0.1, 0.15) is 15.9 Å². The SMILES string of the molecule is COc1cc(C=O)ccc1OCc1cncc(Br)c1. The number of hydrogen-bond donors (Lipinski definition) is 0. The van der Waals surface area contributed by atoms with Crippen molar-refractivity contribution in [3.63, 3.8) is 0 Å². The topological polar surface area (TPSA) is 48.4 Å². The lowest BCUT2D eigenvalue weighted by Crippen LogP contribution is -1.98. The number of carbonyl (C=O) groups is 1. The molecule has 19 heavy (non-hydrogen) atoms. The molecule has 1 aromatic heterocycles. The van der Waals surface area contributed by atoms with Gasteiger partial charge in [-0.2, -0.15) is 0 Å². The van der Waals surface area contributed by atoms with E-state index in [9.17, 15) is 4.79 Å². The smallest absolute Gasteiger partial charge is 0.161 e. The van der Waals surface area contributed by atoms with Gasteiger partial charge >= 0.3 is 0 Å². The number of ether oxygens (including phenoxy) is 2. The fourth-order valence-corrected chi connectivity index (χ4v) is 1.98. The van der Waals surface area contributed by atoms with Crippen LogP contribution in [0.5, 0.6) is 11.5 Å². The minimum Gasteiger partial charge on any atom is -0.493 e. The second-order valence-electron chi connectivity index (χ2n) is 3.83. The van der Waals surface area contributed by atoms with Crippen LogP contribution in [-0.2, 0) is 6.61 Å². The fourth-order valence-electron chi connectivity index (χ4n) is 1.57. The Balaban J connectivity index is 2.13. The molecule has 98 valence electrons. The van der Waals surface area contributed by atoms with Gasteiger partial charge in [0.2, 0.25) is 0 Å². The van der Waals surface area contributed by atoms with Crippen molar-refractivity contribution in [3.05, 3.63) is 52.3 Å². The standard InChI is InChI=1S/C14H12BrNO3/c1-18-14-5-10(8-17)2-3-13(14)19-9-11-4-12(15)7-16-6-11/h2-8H,9H2,1H3. The van der Waals surface area contributed by atoms with Gasteiger partial charge in [-0.05, 0) is 40.2 Å². The van der Waals surface area contributed by atoms with Crippen LogP contribution in [-0.4, -0.2) is 18.4 Å². The van der Waals surface area contributed by atoms with E-state index < -0.39 is 0 Å². The summed E-state index contributed by atoms with van der Waals surface area (Å²) in [6.45, 7) is 0.378. The number of carbonyl (C=O) groups excluding carboxylic acids is 1. The lowest BCUT2D eigenvalue weighted by atomic mass is 10.2. The van der Waals surface area contributed by atoms with Crippen molar-refractivity contribution in [2.45, 2.75) is 6.61 Å². The second-order valence-corrected chi connectivity index (χ2v) is 4.74. The summed E-state index contributed by atoms with van der Waals surface area (Å²) in [7, 11) is 1.54. The highest BCUT2D eigenvalue weighted by molar-refractivity contribution is 9.10. The van der Waals surface area contributed by atoms with Crippen LogP contribution in [0.25, 0.3) is 0 Å². The summed E-state index contributed by atoms with van der Waals surface area (Å²) >= 11 is 3.35. The summed E-state index contributed by atoms with van der Waals surface area (Å²) in [5, 5.41) is 0. The first-order chi connectivity index (χ1) is 9.22. The van der Waals surface area contributed by atoms with E-state index in [1.54, 1.807) is 30.6 Å². The van der Waals surface area contributed by atoms with Crippen molar-refractivity contribution in [1.29, 1.82) is 0 Å². The Hall–Kier alpha value is -1.88. The summed E-state index contributed by atoms with van der Waals surface area (Å²) in [6, 6.07) is 6.97. The number of pyridine rings is 1. The molecular formula is C14H12BrNO3. The molecule has 1 heterocycles. The van der Waals surface area contributed by atoms with Crippen molar-refractivity contribution in [1.82, 2.24) is 4.98 Å². The normalized spacial score (nSPS) is 10.0. The van der Waals surface area contributed by atoms with Crippen LogP contribution in [0.2, 0.25) is 0 Å². The second kappa shape index (κ2) is 6.33. The Morgan fingerprint density at radius 2 is 2.11 bits per heavy atom. The summed E-state index contributed by atoms with van der Waals surface area (Å²) in [6.07, 6.45) is 4.21. The van der Waals surface area contributed by atoms with Crippen molar-refractivity contribution in [2.24, 2.45) is 0 Å². The highest BCUT2D eigenvalue weighted by Gasteiger charge is 2.06. The van der Waals surface area contributed by atoms with Crippen LogP contribution in [0.4, 0.5) is 0 Å². The third kappa shape index (κ3) is 3.54. The first-order valence-corrected chi connectivity index (χ1v) is 6.37. The monoisotopic (exact) mass is 321 g/mol. The molecule has 0 radical (unpaired) electrons. The minimum atomic E-state index is 0.378. The third-order valence-electron chi connectivity index (χ3n) is 2.48. The molecule has 0 aliphatic heterocycles. The maximum Gasteiger partial charge on any atom is 0.161 e. The highest BCUT2D eigenvalue weighted by Crippen LogP contribution is 2.28. The van der Waals surface area contributed by atoms with Gasteiger partial charge in [-0.1, -0.05) is 0 Å². The van der Waals surface area contributed by atoms with Crippen LogP contribution < -0.4 is 9.47 Å². The maximum absolute atomic E-state index is 10.7. The fraction of sp³-hybridized carbons (Fsp3) is 0.143. The lowest BCUT2D eigenvalue weighted by Gasteiger charge is -2.11. The maximum atomic E-state index is 10.7. The molecule has 2 aromatic rings. The van der Waals surface area contributed by atoms with Gasteiger partial charge in [-0.25, -0.2) is 0 Å². The zero-order valence-corrected chi connectivity index (χ0v) is 11.9. The van der Waals surface area contributed by atoms with Gasteiger partial charge < -0.3 is 9.47 Å². The summed E-state index contributed by atoms with van der Waals surface area (Å²) in [4.78, 5) is 14.8. The van der Waals surface area contributed by atoms with Crippen molar-refractivity contribution in [2.75, 3.05) is 7.11 Å². The van der Waals surface area contributed by atoms with Gasteiger partial charge in [0.1, 0.15) is 12.9 Å². The Morgan fingerprint density at radius 3 is 2.79 bits per heavy atom. The van der Waals surface area contributed by atoms with Crippen LogP contribution in [0, 0.1) is 0 Å². The Bertz CT molecular complexity index is 587. The number of rotatable bonds is 5. The van der Waals surface area contributed by atoms with E-state index in [4.69, 9.17) is 9.47 Å². The van der Waals surface area contributed by atoms with Crippen LogP contribution >= 0.6 is 15.9 Å². The summed E-state index contributed by atoms with van der Waals surface area (Å²) in [5.41, 5.74) is 1.49. The van der Waals surface area contributed by atoms with E-state index in [0.29, 0.717) is 23.7 Å².